The summed E-state index contributed by atoms with van der Waals surface area (Å²) in [6, 6.07) is 8.00. The smallest absolute Gasteiger partial charge is 0.226 e. The number of halogens is 1. The van der Waals surface area contributed by atoms with Crippen molar-refractivity contribution in [1.29, 1.82) is 0 Å². The lowest BCUT2D eigenvalue weighted by Crippen LogP contribution is -2.37. The van der Waals surface area contributed by atoms with Crippen LogP contribution in [-0.4, -0.2) is 21.3 Å². The van der Waals surface area contributed by atoms with Crippen LogP contribution in [0.4, 0.5) is 0 Å². The van der Waals surface area contributed by atoms with Crippen LogP contribution >= 0.6 is 22.9 Å². The number of carbonyl (C=O) groups is 1. The normalized spacial score (nSPS) is 15.6. The third kappa shape index (κ3) is 3.72. The molecule has 0 radical (unpaired) electrons. The highest BCUT2D eigenvalue weighted by Gasteiger charge is 2.17. The number of thiazole rings is 1. The maximum absolute atomic E-state index is 12.4. The highest BCUT2D eigenvalue weighted by Crippen LogP contribution is 2.25. The first kappa shape index (κ1) is 16.6. The van der Waals surface area contributed by atoms with Crippen molar-refractivity contribution in [2.75, 3.05) is 0 Å². The number of rotatable bonds is 4. The highest BCUT2D eigenvalue weighted by molar-refractivity contribution is 7.15. The maximum Gasteiger partial charge on any atom is 0.226 e. The van der Waals surface area contributed by atoms with Crippen LogP contribution in [0, 0.1) is 0 Å². The van der Waals surface area contributed by atoms with Crippen molar-refractivity contribution in [3.8, 4) is 11.3 Å². The first-order valence-corrected chi connectivity index (χ1v) is 9.95. The van der Waals surface area contributed by atoms with E-state index in [2.05, 4.69) is 10.3 Å². The Morgan fingerprint density at radius 3 is 2.76 bits per heavy atom. The summed E-state index contributed by atoms with van der Waals surface area (Å²) in [5.74, 6) is 0.105. The van der Waals surface area contributed by atoms with Crippen LogP contribution in [0.3, 0.4) is 0 Å². The summed E-state index contributed by atoms with van der Waals surface area (Å²) >= 11 is 7.52. The van der Waals surface area contributed by atoms with E-state index in [0.29, 0.717) is 17.5 Å². The molecule has 1 aliphatic carbocycles. The van der Waals surface area contributed by atoms with Gasteiger partial charge in [0.25, 0.3) is 0 Å². The summed E-state index contributed by atoms with van der Waals surface area (Å²) in [7, 11) is 0. The Labute approximate surface area is 155 Å². The van der Waals surface area contributed by atoms with Gasteiger partial charge >= 0.3 is 0 Å². The molecule has 1 aliphatic rings. The topological polar surface area (TPSA) is 46.4 Å². The van der Waals surface area contributed by atoms with Crippen molar-refractivity contribution < 1.29 is 4.79 Å². The molecule has 0 atom stereocenters. The number of imidazole rings is 1. The van der Waals surface area contributed by atoms with Crippen LogP contribution < -0.4 is 5.32 Å². The van der Waals surface area contributed by atoms with Crippen molar-refractivity contribution >= 4 is 33.8 Å². The van der Waals surface area contributed by atoms with Gasteiger partial charge in [-0.2, -0.15) is 0 Å². The molecule has 1 N–H and O–H groups in total. The Hall–Kier alpha value is -1.85. The predicted octanol–water partition coefficient (Wildman–Crippen LogP) is 4.71. The molecule has 1 saturated carbocycles. The van der Waals surface area contributed by atoms with Gasteiger partial charge in [0.05, 0.1) is 12.1 Å². The van der Waals surface area contributed by atoms with Crippen LogP contribution in [0.2, 0.25) is 5.02 Å². The Balaban J connectivity index is 1.50. The van der Waals surface area contributed by atoms with Gasteiger partial charge in [-0.1, -0.05) is 43.0 Å². The molecule has 0 aliphatic heterocycles. The number of hydrogen-bond acceptors (Lipinski definition) is 3. The van der Waals surface area contributed by atoms with Crippen molar-refractivity contribution in [3.05, 3.63) is 46.6 Å². The lowest BCUT2D eigenvalue weighted by atomic mass is 9.95. The molecule has 0 unspecified atom stereocenters. The minimum Gasteiger partial charge on any atom is -0.353 e. The molecule has 130 valence electrons. The minimum absolute atomic E-state index is 0.105. The van der Waals surface area contributed by atoms with Crippen molar-refractivity contribution in [1.82, 2.24) is 14.7 Å². The second kappa shape index (κ2) is 7.18. The zero-order valence-corrected chi connectivity index (χ0v) is 15.4. The zero-order chi connectivity index (χ0) is 17.2. The number of carbonyl (C=O) groups excluding carboxylic acids is 1. The van der Waals surface area contributed by atoms with Crippen LogP contribution in [0.5, 0.6) is 0 Å². The molecule has 2 aromatic heterocycles. The van der Waals surface area contributed by atoms with E-state index in [1.165, 1.54) is 19.3 Å². The summed E-state index contributed by atoms with van der Waals surface area (Å²) in [5.41, 5.74) is 2.91. The number of amides is 1. The molecule has 4 rings (SSSR count). The van der Waals surface area contributed by atoms with Gasteiger partial charge in [0.1, 0.15) is 0 Å². The summed E-state index contributed by atoms with van der Waals surface area (Å²) in [6.45, 7) is 0. The van der Waals surface area contributed by atoms with E-state index in [0.717, 1.165) is 34.8 Å². The standard InChI is InChI=1S/C19H20ClN3OS/c20-14-8-6-13(7-9-14)17-11-23-16(12-25-19(23)22-17)10-18(24)21-15-4-2-1-3-5-15/h6-9,11-12,15H,1-5,10H2,(H,21,24). The van der Waals surface area contributed by atoms with Gasteiger partial charge in [-0.25, -0.2) is 4.98 Å². The average molecular weight is 374 g/mol. The first-order valence-electron chi connectivity index (χ1n) is 8.70. The monoisotopic (exact) mass is 373 g/mol. The molecular weight excluding hydrogens is 354 g/mol. The molecular formula is C19H20ClN3OS. The van der Waals surface area contributed by atoms with Gasteiger partial charge in [0.2, 0.25) is 5.91 Å². The van der Waals surface area contributed by atoms with Crippen LogP contribution in [0.25, 0.3) is 16.2 Å². The Bertz CT molecular complexity index is 878. The molecule has 0 spiro atoms. The highest BCUT2D eigenvalue weighted by atomic mass is 35.5. The van der Waals surface area contributed by atoms with Crippen molar-refractivity contribution in [3.63, 3.8) is 0 Å². The second-order valence-corrected chi connectivity index (χ2v) is 7.86. The van der Waals surface area contributed by atoms with E-state index >= 15 is 0 Å². The predicted molar refractivity (Wildman–Crippen MR) is 102 cm³/mol. The first-order chi connectivity index (χ1) is 12.2. The fraction of sp³-hybridized carbons (Fsp3) is 0.368. The van der Waals surface area contributed by atoms with Crippen molar-refractivity contribution in [2.24, 2.45) is 0 Å². The third-order valence-corrected chi connectivity index (χ3v) is 5.88. The van der Waals surface area contributed by atoms with Gasteiger partial charge < -0.3 is 5.32 Å². The quantitative estimate of drug-likeness (QED) is 0.720. The molecule has 4 nitrogen and oxygen atoms in total. The van der Waals surface area contributed by atoms with Crippen molar-refractivity contribution in [2.45, 2.75) is 44.6 Å². The van der Waals surface area contributed by atoms with Gasteiger partial charge in [-0.05, 0) is 25.0 Å². The molecule has 3 aromatic rings. The van der Waals surface area contributed by atoms with E-state index in [1.54, 1.807) is 11.3 Å². The van der Waals surface area contributed by atoms with Gasteiger partial charge in [0, 0.05) is 33.9 Å². The minimum atomic E-state index is 0.105. The Morgan fingerprint density at radius 1 is 1.24 bits per heavy atom. The van der Waals surface area contributed by atoms with E-state index < -0.39 is 0 Å². The zero-order valence-electron chi connectivity index (χ0n) is 13.9. The van der Waals surface area contributed by atoms with Crippen LogP contribution in [0.1, 0.15) is 37.8 Å². The maximum atomic E-state index is 12.4. The summed E-state index contributed by atoms with van der Waals surface area (Å²) in [5, 5.41) is 5.92. The fourth-order valence-electron chi connectivity index (χ4n) is 3.41. The number of benzene rings is 1. The number of nitrogens with zero attached hydrogens (tertiary/aromatic N) is 2. The molecule has 6 heteroatoms. The summed E-state index contributed by atoms with van der Waals surface area (Å²) in [4.78, 5) is 18.0. The summed E-state index contributed by atoms with van der Waals surface area (Å²) < 4.78 is 2.02. The van der Waals surface area contributed by atoms with Crippen LogP contribution in [-0.2, 0) is 11.2 Å². The summed E-state index contributed by atoms with van der Waals surface area (Å²) in [6.07, 6.45) is 8.34. The third-order valence-electron chi connectivity index (χ3n) is 4.74. The molecule has 0 bridgehead atoms. The van der Waals surface area contributed by atoms with E-state index in [1.807, 2.05) is 40.2 Å². The SMILES string of the molecule is O=C(Cc1csc2nc(-c3ccc(Cl)cc3)cn12)NC1CCCCC1. The number of aromatic nitrogens is 2. The Kier molecular flexibility index (Phi) is 4.77. The van der Waals surface area contributed by atoms with Crippen LogP contribution in [0.15, 0.2) is 35.8 Å². The van der Waals surface area contributed by atoms with E-state index in [9.17, 15) is 4.79 Å². The lowest BCUT2D eigenvalue weighted by Gasteiger charge is -2.22. The van der Waals surface area contributed by atoms with Gasteiger partial charge in [-0.3, -0.25) is 9.20 Å². The molecule has 1 fully saturated rings. The van der Waals surface area contributed by atoms with E-state index in [4.69, 9.17) is 11.6 Å². The van der Waals surface area contributed by atoms with E-state index in [-0.39, 0.29) is 5.91 Å². The number of hydrogen-bond donors (Lipinski definition) is 1. The molecule has 1 aromatic carbocycles. The molecule has 2 heterocycles. The van der Waals surface area contributed by atoms with Gasteiger partial charge in [-0.15, -0.1) is 11.3 Å². The number of fused-ring (bicyclic) bond motifs is 1. The molecule has 1 amide bonds. The second-order valence-electron chi connectivity index (χ2n) is 6.59. The van der Waals surface area contributed by atoms with Gasteiger partial charge in [0.15, 0.2) is 4.96 Å². The number of nitrogens with one attached hydrogen (secondary N) is 1. The average Bonchev–Trinajstić information content (AvgIpc) is 3.18. The fourth-order valence-corrected chi connectivity index (χ4v) is 4.41. The largest absolute Gasteiger partial charge is 0.353 e. The lowest BCUT2D eigenvalue weighted by molar-refractivity contribution is -0.121. The molecule has 25 heavy (non-hydrogen) atoms. The Morgan fingerprint density at radius 2 is 2.00 bits per heavy atom. The molecule has 0 saturated heterocycles.